The first kappa shape index (κ1) is 16.3. The quantitative estimate of drug-likeness (QED) is 0.784. The van der Waals surface area contributed by atoms with Crippen LogP contribution in [0.1, 0.15) is 51.1 Å². The first-order valence-corrected chi connectivity index (χ1v) is 7.94. The molecule has 1 aromatic rings. The molecule has 1 aliphatic heterocycles. The van der Waals surface area contributed by atoms with Gasteiger partial charge in [0.05, 0.1) is 11.6 Å². The van der Waals surface area contributed by atoms with Gasteiger partial charge in [-0.2, -0.15) is 0 Å². The highest BCUT2D eigenvalue weighted by Gasteiger charge is 2.42. The van der Waals surface area contributed by atoms with E-state index in [4.69, 9.17) is 0 Å². The SMILES string of the molecule is CCCCCN1C(=O)C(O)=C(C(=O)CC)C1c1ccccc1. The van der Waals surface area contributed by atoms with Gasteiger partial charge in [-0.3, -0.25) is 9.59 Å². The molecular formula is C18H23NO3. The van der Waals surface area contributed by atoms with Crippen LogP contribution in [-0.2, 0) is 9.59 Å². The highest BCUT2D eigenvalue weighted by Crippen LogP contribution is 2.38. The van der Waals surface area contributed by atoms with Crippen LogP contribution in [0.3, 0.4) is 0 Å². The van der Waals surface area contributed by atoms with Crippen molar-refractivity contribution in [2.45, 2.75) is 45.6 Å². The van der Waals surface area contributed by atoms with Crippen LogP contribution in [0.4, 0.5) is 0 Å². The van der Waals surface area contributed by atoms with Crippen LogP contribution in [0.5, 0.6) is 0 Å². The summed E-state index contributed by atoms with van der Waals surface area (Å²) in [6.07, 6.45) is 3.21. The summed E-state index contributed by atoms with van der Waals surface area (Å²) in [7, 11) is 0. The number of unbranched alkanes of at least 4 members (excludes halogenated alkanes) is 2. The van der Waals surface area contributed by atoms with Crippen molar-refractivity contribution in [2.24, 2.45) is 0 Å². The molecule has 2 rings (SSSR count). The third-order valence-electron chi connectivity index (χ3n) is 4.04. The van der Waals surface area contributed by atoms with Crippen LogP contribution >= 0.6 is 0 Å². The maximum absolute atomic E-state index is 12.4. The Morgan fingerprint density at radius 1 is 1.18 bits per heavy atom. The zero-order valence-corrected chi connectivity index (χ0v) is 13.2. The lowest BCUT2D eigenvalue weighted by Gasteiger charge is -2.26. The number of Topliss-reactive ketones (excluding diaryl/α,β-unsaturated/α-hetero) is 1. The summed E-state index contributed by atoms with van der Waals surface area (Å²) in [5.41, 5.74) is 1.11. The van der Waals surface area contributed by atoms with Crippen LogP contribution in [0.25, 0.3) is 0 Å². The topological polar surface area (TPSA) is 57.6 Å². The second-order valence-corrected chi connectivity index (χ2v) is 5.56. The van der Waals surface area contributed by atoms with Crippen molar-refractivity contribution >= 4 is 11.7 Å². The number of hydrogen-bond donors (Lipinski definition) is 1. The van der Waals surface area contributed by atoms with E-state index in [0.29, 0.717) is 6.54 Å². The Morgan fingerprint density at radius 2 is 1.86 bits per heavy atom. The fourth-order valence-corrected chi connectivity index (χ4v) is 2.87. The maximum Gasteiger partial charge on any atom is 0.290 e. The minimum absolute atomic E-state index is 0.169. The second kappa shape index (κ2) is 7.25. The monoisotopic (exact) mass is 301 g/mol. The smallest absolute Gasteiger partial charge is 0.290 e. The summed E-state index contributed by atoms with van der Waals surface area (Å²) in [6.45, 7) is 4.40. The van der Waals surface area contributed by atoms with E-state index in [-0.39, 0.29) is 23.5 Å². The Labute approximate surface area is 131 Å². The van der Waals surface area contributed by atoms with Gasteiger partial charge < -0.3 is 10.0 Å². The molecule has 22 heavy (non-hydrogen) atoms. The van der Waals surface area contributed by atoms with Crippen molar-refractivity contribution in [1.29, 1.82) is 0 Å². The molecule has 1 aromatic carbocycles. The molecular weight excluding hydrogens is 278 g/mol. The van der Waals surface area contributed by atoms with Crippen molar-refractivity contribution in [3.05, 3.63) is 47.2 Å². The number of aliphatic hydroxyl groups excluding tert-OH is 1. The fraction of sp³-hybridized carbons (Fsp3) is 0.444. The normalized spacial score (nSPS) is 18.2. The summed E-state index contributed by atoms with van der Waals surface area (Å²) < 4.78 is 0. The van der Waals surface area contributed by atoms with Crippen LogP contribution in [-0.4, -0.2) is 28.2 Å². The molecule has 0 fully saturated rings. The lowest BCUT2D eigenvalue weighted by atomic mass is 9.95. The molecule has 0 aliphatic carbocycles. The first-order valence-electron chi connectivity index (χ1n) is 7.94. The van der Waals surface area contributed by atoms with E-state index in [1.165, 1.54) is 0 Å². The van der Waals surface area contributed by atoms with Gasteiger partial charge in [-0.25, -0.2) is 0 Å². The third kappa shape index (κ3) is 3.06. The molecule has 1 N–H and O–H groups in total. The number of ketones is 1. The van der Waals surface area contributed by atoms with Crippen molar-refractivity contribution in [2.75, 3.05) is 6.54 Å². The molecule has 1 atom stereocenters. The van der Waals surface area contributed by atoms with Gasteiger partial charge >= 0.3 is 0 Å². The van der Waals surface area contributed by atoms with Gasteiger partial charge in [-0.05, 0) is 12.0 Å². The minimum atomic E-state index is -0.460. The molecule has 1 aliphatic rings. The standard InChI is InChI=1S/C18H23NO3/c1-3-5-9-12-19-16(13-10-7-6-8-11-13)15(14(20)4-2)17(21)18(19)22/h6-8,10-11,16,21H,3-5,9,12H2,1-2H3. The molecule has 118 valence electrons. The Kier molecular flexibility index (Phi) is 5.36. The second-order valence-electron chi connectivity index (χ2n) is 5.56. The van der Waals surface area contributed by atoms with Gasteiger partial charge in [-0.15, -0.1) is 0 Å². The van der Waals surface area contributed by atoms with Crippen LogP contribution in [0.15, 0.2) is 41.7 Å². The first-order chi connectivity index (χ1) is 10.6. The Hall–Kier alpha value is -2.10. The summed E-state index contributed by atoms with van der Waals surface area (Å²) >= 11 is 0. The zero-order valence-electron chi connectivity index (χ0n) is 13.2. The zero-order chi connectivity index (χ0) is 16.1. The minimum Gasteiger partial charge on any atom is -0.503 e. The van der Waals surface area contributed by atoms with E-state index in [0.717, 1.165) is 24.8 Å². The summed E-state index contributed by atoms with van der Waals surface area (Å²) in [5.74, 6) is -0.975. The third-order valence-corrected chi connectivity index (χ3v) is 4.04. The Morgan fingerprint density at radius 3 is 2.45 bits per heavy atom. The van der Waals surface area contributed by atoms with Crippen LogP contribution in [0, 0.1) is 0 Å². The number of carbonyl (C=O) groups is 2. The van der Waals surface area contributed by atoms with E-state index in [2.05, 4.69) is 6.92 Å². The number of rotatable bonds is 7. The molecule has 4 nitrogen and oxygen atoms in total. The van der Waals surface area contributed by atoms with E-state index in [1.54, 1.807) is 11.8 Å². The summed E-state index contributed by atoms with van der Waals surface area (Å²) in [4.78, 5) is 26.2. The molecule has 0 radical (unpaired) electrons. The highest BCUT2D eigenvalue weighted by molar-refractivity contribution is 6.08. The van der Waals surface area contributed by atoms with Crippen molar-refractivity contribution in [3.63, 3.8) is 0 Å². The number of carbonyl (C=O) groups excluding carboxylic acids is 2. The van der Waals surface area contributed by atoms with E-state index >= 15 is 0 Å². The largest absolute Gasteiger partial charge is 0.503 e. The molecule has 1 heterocycles. The lowest BCUT2D eigenvalue weighted by molar-refractivity contribution is -0.129. The van der Waals surface area contributed by atoms with E-state index in [9.17, 15) is 14.7 Å². The maximum atomic E-state index is 12.4. The molecule has 0 saturated carbocycles. The number of benzene rings is 1. The Balaban J connectivity index is 2.38. The highest BCUT2D eigenvalue weighted by atomic mass is 16.3. The van der Waals surface area contributed by atoms with Gasteiger partial charge in [0.25, 0.3) is 5.91 Å². The molecule has 0 bridgehead atoms. The molecule has 4 heteroatoms. The van der Waals surface area contributed by atoms with Gasteiger partial charge in [0.15, 0.2) is 11.5 Å². The van der Waals surface area contributed by atoms with Crippen molar-refractivity contribution < 1.29 is 14.7 Å². The van der Waals surface area contributed by atoms with Gasteiger partial charge in [0.1, 0.15) is 0 Å². The average Bonchev–Trinajstić information content (AvgIpc) is 2.80. The molecule has 0 aromatic heterocycles. The number of amides is 1. The van der Waals surface area contributed by atoms with E-state index < -0.39 is 11.9 Å². The van der Waals surface area contributed by atoms with Crippen molar-refractivity contribution in [3.8, 4) is 0 Å². The lowest BCUT2D eigenvalue weighted by Crippen LogP contribution is -2.32. The molecule has 1 unspecified atom stereocenters. The van der Waals surface area contributed by atoms with Gasteiger partial charge in [-0.1, -0.05) is 57.0 Å². The molecule has 0 spiro atoms. The average molecular weight is 301 g/mol. The number of hydrogen-bond acceptors (Lipinski definition) is 3. The Bertz CT molecular complexity index is 577. The number of aliphatic hydroxyl groups is 1. The van der Waals surface area contributed by atoms with Crippen LogP contribution < -0.4 is 0 Å². The van der Waals surface area contributed by atoms with Gasteiger partial charge in [0.2, 0.25) is 0 Å². The van der Waals surface area contributed by atoms with Crippen LogP contribution in [0.2, 0.25) is 0 Å². The summed E-state index contributed by atoms with van der Waals surface area (Å²) in [5, 5.41) is 10.2. The fourth-order valence-electron chi connectivity index (χ4n) is 2.87. The predicted octanol–water partition coefficient (Wildman–Crippen LogP) is 3.55. The van der Waals surface area contributed by atoms with Crippen molar-refractivity contribution in [1.82, 2.24) is 4.90 Å². The van der Waals surface area contributed by atoms with E-state index in [1.807, 2.05) is 30.3 Å². The molecule has 1 amide bonds. The number of nitrogens with zero attached hydrogens (tertiary/aromatic N) is 1. The summed E-state index contributed by atoms with van der Waals surface area (Å²) in [6, 6.07) is 8.99. The van der Waals surface area contributed by atoms with Gasteiger partial charge in [0, 0.05) is 13.0 Å². The molecule has 0 saturated heterocycles. The predicted molar refractivity (Wildman–Crippen MR) is 85.4 cm³/mol.